The molecule has 1 heterocycles. The molecule has 1 nitrogen and oxygen atoms in total. The molecule has 0 aromatic carbocycles. The number of rotatable bonds is 0. The van der Waals surface area contributed by atoms with Crippen molar-refractivity contribution in [3.05, 3.63) is 0 Å². The molecule has 4 unspecified atom stereocenters. The lowest BCUT2D eigenvalue weighted by Gasteiger charge is -2.67. The van der Waals surface area contributed by atoms with Crippen LogP contribution in [0.3, 0.4) is 0 Å². The van der Waals surface area contributed by atoms with Crippen LogP contribution in [0.25, 0.3) is 0 Å². The first-order valence-corrected chi connectivity index (χ1v) is 5.99. The summed E-state index contributed by atoms with van der Waals surface area (Å²) in [5, 5.41) is 0. The lowest BCUT2D eigenvalue weighted by molar-refractivity contribution is -0.168. The highest BCUT2D eigenvalue weighted by Crippen LogP contribution is 2.78. The van der Waals surface area contributed by atoms with Gasteiger partial charge in [0.05, 0.1) is 0 Å². The fourth-order valence-electron chi connectivity index (χ4n) is 5.54. The van der Waals surface area contributed by atoms with Gasteiger partial charge >= 0.3 is 0 Å². The van der Waals surface area contributed by atoms with E-state index in [1.807, 2.05) is 0 Å². The van der Waals surface area contributed by atoms with Gasteiger partial charge < -0.3 is 0 Å². The van der Waals surface area contributed by atoms with Gasteiger partial charge in [-0.3, -0.25) is 4.90 Å². The van der Waals surface area contributed by atoms with Crippen LogP contribution in [0.5, 0.6) is 0 Å². The number of nitrogens with zero attached hydrogens (tertiary/aromatic N) is 1. The third kappa shape index (κ3) is 0.538. The first-order valence-electron chi connectivity index (χ1n) is 5.99. The van der Waals surface area contributed by atoms with Gasteiger partial charge in [-0.15, -0.1) is 0 Å². The minimum atomic E-state index is 0.838. The molecule has 4 rings (SSSR count). The minimum Gasteiger partial charge on any atom is -0.300 e. The summed E-state index contributed by atoms with van der Waals surface area (Å²) in [6, 6.07) is 1.99. The van der Waals surface area contributed by atoms with Crippen molar-refractivity contribution >= 4 is 0 Å². The monoisotopic (exact) mass is 177 g/mol. The second kappa shape index (κ2) is 1.84. The van der Waals surface area contributed by atoms with Crippen LogP contribution in [0.15, 0.2) is 0 Å². The molecule has 4 aliphatic rings. The molecule has 1 saturated heterocycles. The Hall–Kier alpha value is -0.0400. The molecule has 13 heavy (non-hydrogen) atoms. The number of fused-ring (bicyclic) bond motifs is 1. The molecule has 0 aromatic heterocycles. The van der Waals surface area contributed by atoms with Gasteiger partial charge in [0.15, 0.2) is 0 Å². The molecule has 2 bridgehead atoms. The van der Waals surface area contributed by atoms with E-state index in [0.29, 0.717) is 0 Å². The number of hydrogen-bond donors (Lipinski definition) is 0. The topological polar surface area (TPSA) is 3.24 Å². The Morgan fingerprint density at radius 3 is 2.77 bits per heavy atom. The highest BCUT2D eigenvalue weighted by atomic mass is 15.3. The van der Waals surface area contributed by atoms with Gasteiger partial charge in [0.1, 0.15) is 0 Å². The zero-order valence-electron chi connectivity index (χ0n) is 8.55. The zero-order chi connectivity index (χ0) is 8.68. The predicted octanol–water partition coefficient (Wildman–Crippen LogP) is 2.41. The Kier molecular flexibility index (Phi) is 1.03. The molecule has 4 fully saturated rings. The normalized spacial score (nSPS) is 63.5. The van der Waals surface area contributed by atoms with Gasteiger partial charge in [0.25, 0.3) is 0 Å². The summed E-state index contributed by atoms with van der Waals surface area (Å²) in [5.74, 6) is 0. The van der Waals surface area contributed by atoms with E-state index in [1.165, 1.54) is 12.8 Å². The Bertz CT molecular complexity index is 272. The lowest BCUT2D eigenvalue weighted by atomic mass is 9.42. The molecule has 3 saturated carbocycles. The summed E-state index contributed by atoms with van der Waals surface area (Å²) in [7, 11) is 2.38. The average molecular weight is 177 g/mol. The van der Waals surface area contributed by atoms with E-state index in [0.717, 1.165) is 22.9 Å². The number of hydrogen-bond acceptors (Lipinski definition) is 1. The van der Waals surface area contributed by atoms with Gasteiger partial charge in [-0.1, -0.05) is 12.8 Å². The predicted molar refractivity (Wildman–Crippen MR) is 52.5 cm³/mol. The fraction of sp³-hybridized carbons (Fsp3) is 1.00. The van der Waals surface area contributed by atoms with E-state index < -0.39 is 0 Å². The minimum absolute atomic E-state index is 0.838. The molecule has 0 radical (unpaired) electrons. The van der Waals surface area contributed by atoms with Crippen molar-refractivity contribution in [3.63, 3.8) is 0 Å². The second-order valence-electron chi connectivity index (χ2n) is 6.09. The SMILES string of the molecule is CN1C2CC34CCCCC3(C2)C1C4. The van der Waals surface area contributed by atoms with Crippen LogP contribution in [0.2, 0.25) is 0 Å². The van der Waals surface area contributed by atoms with Crippen LogP contribution in [0.1, 0.15) is 44.9 Å². The van der Waals surface area contributed by atoms with Crippen molar-refractivity contribution in [3.8, 4) is 0 Å². The quantitative estimate of drug-likeness (QED) is 0.549. The van der Waals surface area contributed by atoms with E-state index >= 15 is 0 Å². The zero-order valence-corrected chi connectivity index (χ0v) is 8.55. The highest BCUT2D eigenvalue weighted by Gasteiger charge is 2.75. The maximum absolute atomic E-state index is 2.72. The first kappa shape index (κ1) is 7.28. The highest BCUT2D eigenvalue weighted by molar-refractivity contribution is 5.27. The van der Waals surface area contributed by atoms with Crippen LogP contribution in [0.4, 0.5) is 0 Å². The van der Waals surface area contributed by atoms with Crippen LogP contribution in [-0.4, -0.2) is 24.0 Å². The standard InChI is InChI=1S/C12H19N/c1-13-9-6-11-4-2-3-5-12(11,7-9)10(13)8-11/h9-10H,2-8H2,1H3. The average Bonchev–Trinajstić information content (AvgIpc) is 2.48. The maximum Gasteiger partial charge on any atom is 0.0163 e. The van der Waals surface area contributed by atoms with E-state index in [1.54, 1.807) is 32.1 Å². The molecular weight excluding hydrogens is 158 g/mol. The third-order valence-corrected chi connectivity index (χ3v) is 6.10. The molecule has 1 heteroatoms. The summed E-state index contributed by atoms with van der Waals surface area (Å²) in [6.07, 6.45) is 10.9. The summed E-state index contributed by atoms with van der Waals surface area (Å²) >= 11 is 0. The molecule has 0 aromatic rings. The summed E-state index contributed by atoms with van der Waals surface area (Å²) < 4.78 is 0. The van der Waals surface area contributed by atoms with Crippen molar-refractivity contribution in [1.82, 2.24) is 4.90 Å². The van der Waals surface area contributed by atoms with E-state index in [-0.39, 0.29) is 0 Å². The summed E-state index contributed by atoms with van der Waals surface area (Å²) in [4.78, 5) is 2.72. The molecule has 0 amide bonds. The van der Waals surface area contributed by atoms with Gasteiger partial charge in [-0.2, -0.15) is 0 Å². The number of piperidine rings is 2. The van der Waals surface area contributed by atoms with E-state index in [4.69, 9.17) is 0 Å². The second-order valence-corrected chi connectivity index (χ2v) is 6.09. The lowest BCUT2D eigenvalue weighted by Crippen LogP contribution is -2.66. The van der Waals surface area contributed by atoms with E-state index in [2.05, 4.69) is 11.9 Å². The van der Waals surface area contributed by atoms with Crippen molar-refractivity contribution in [2.75, 3.05) is 7.05 Å². The van der Waals surface area contributed by atoms with Gasteiger partial charge in [-0.25, -0.2) is 0 Å². The van der Waals surface area contributed by atoms with E-state index in [9.17, 15) is 0 Å². The smallest absolute Gasteiger partial charge is 0.0163 e. The largest absolute Gasteiger partial charge is 0.300 e. The maximum atomic E-state index is 2.72. The van der Waals surface area contributed by atoms with Crippen molar-refractivity contribution in [2.45, 2.75) is 57.0 Å². The first-order chi connectivity index (χ1) is 6.28. The van der Waals surface area contributed by atoms with Crippen molar-refractivity contribution < 1.29 is 0 Å². The van der Waals surface area contributed by atoms with Crippen LogP contribution < -0.4 is 0 Å². The Morgan fingerprint density at radius 1 is 1.08 bits per heavy atom. The molecule has 4 atom stereocenters. The third-order valence-electron chi connectivity index (χ3n) is 6.10. The Balaban J connectivity index is 1.83. The fourth-order valence-corrected chi connectivity index (χ4v) is 5.54. The molecular formula is C12H19N. The molecule has 1 spiro atoms. The Morgan fingerprint density at radius 2 is 1.92 bits per heavy atom. The van der Waals surface area contributed by atoms with Gasteiger partial charge in [0.2, 0.25) is 0 Å². The van der Waals surface area contributed by atoms with Crippen LogP contribution in [0, 0.1) is 10.8 Å². The molecule has 0 N–H and O–H groups in total. The summed E-state index contributed by atoms with van der Waals surface area (Å²) in [5.41, 5.74) is 1.71. The Labute approximate surface area is 80.5 Å². The van der Waals surface area contributed by atoms with Crippen molar-refractivity contribution in [2.24, 2.45) is 10.8 Å². The van der Waals surface area contributed by atoms with Crippen LogP contribution >= 0.6 is 0 Å². The summed E-state index contributed by atoms with van der Waals surface area (Å²) in [6.45, 7) is 0. The number of likely N-dealkylation sites (tertiary alicyclic amines) is 1. The molecule has 3 aliphatic carbocycles. The molecule has 72 valence electrons. The molecule has 1 aliphatic heterocycles. The van der Waals surface area contributed by atoms with Crippen molar-refractivity contribution in [1.29, 1.82) is 0 Å². The van der Waals surface area contributed by atoms with Gasteiger partial charge in [0, 0.05) is 12.1 Å². The van der Waals surface area contributed by atoms with Crippen LogP contribution in [-0.2, 0) is 0 Å². The van der Waals surface area contributed by atoms with Gasteiger partial charge in [-0.05, 0) is 50.0 Å².